The minimum Gasteiger partial charge on any atom is -0.327 e. The maximum absolute atomic E-state index is 13.0. The minimum absolute atomic E-state index is 0.0381. The molecule has 4 aliphatic rings. The van der Waals surface area contributed by atoms with Crippen LogP contribution in [0.25, 0.3) is 0 Å². The molecule has 34 heavy (non-hydrogen) atoms. The van der Waals surface area contributed by atoms with Gasteiger partial charge in [0.15, 0.2) is 11.6 Å². The van der Waals surface area contributed by atoms with Gasteiger partial charge in [-0.1, -0.05) is 52.0 Å². The van der Waals surface area contributed by atoms with E-state index in [2.05, 4.69) is 35.1 Å². The molecule has 2 aliphatic heterocycles. The van der Waals surface area contributed by atoms with E-state index in [1.165, 1.54) is 0 Å². The molecule has 2 heterocycles. The van der Waals surface area contributed by atoms with Gasteiger partial charge in [0.2, 0.25) is 0 Å². The van der Waals surface area contributed by atoms with E-state index in [1.54, 1.807) is 0 Å². The van der Waals surface area contributed by atoms with Crippen LogP contribution in [0.15, 0.2) is 46.8 Å². The third kappa shape index (κ3) is 3.91. The van der Waals surface area contributed by atoms with Crippen LogP contribution in [0.2, 0.25) is 0 Å². The predicted octanol–water partition coefficient (Wildman–Crippen LogP) is 3.68. The molecular weight excluding hydrogens is 432 g/mol. The Bertz CT molecular complexity index is 1190. The molecule has 2 atom stereocenters. The van der Waals surface area contributed by atoms with Gasteiger partial charge in [0.1, 0.15) is 0 Å². The molecule has 178 valence electrons. The maximum atomic E-state index is 13.0. The fourth-order valence-corrected chi connectivity index (χ4v) is 5.71. The Morgan fingerprint density at radius 2 is 1.21 bits per heavy atom. The molecule has 0 bridgehead atoms. The van der Waals surface area contributed by atoms with Gasteiger partial charge < -0.3 is 21.3 Å². The quantitative estimate of drug-likeness (QED) is 0.536. The number of hydrogen-bond donors (Lipinski definition) is 4. The normalized spacial score (nSPS) is 27.8. The first-order valence-corrected chi connectivity index (χ1v) is 11.7. The second-order valence-electron chi connectivity index (χ2n) is 11.4. The van der Waals surface area contributed by atoms with Crippen molar-refractivity contribution in [3.8, 4) is 0 Å². The number of nitrogens with one attached hydrogen (secondary N) is 4. The molecule has 0 saturated carbocycles. The number of rotatable bonds is 2. The van der Waals surface area contributed by atoms with Crippen molar-refractivity contribution in [3.05, 3.63) is 57.9 Å². The number of carbonyl (C=O) groups excluding carboxylic acids is 4. The Labute approximate surface area is 198 Å². The van der Waals surface area contributed by atoms with Crippen LogP contribution in [0, 0.1) is 10.8 Å². The van der Waals surface area contributed by atoms with E-state index in [4.69, 9.17) is 0 Å². The first-order valence-electron chi connectivity index (χ1n) is 11.7. The number of urea groups is 2. The number of Topliss-reactive ketones (excluding diaryl/α,β-unsaturated/α-hetero) is 2. The summed E-state index contributed by atoms with van der Waals surface area (Å²) in [6.07, 6.45) is 2.16. The number of hydrogen-bond acceptors (Lipinski definition) is 4. The van der Waals surface area contributed by atoms with Crippen LogP contribution in [-0.4, -0.2) is 23.6 Å². The van der Waals surface area contributed by atoms with Gasteiger partial charge in [-0.05, 0) is 40.4 Å². The Hall–Kier alpha value is -3.42. The summed E-state index contributed by atoms with van der Waals surface area (Å²) in [5.41, 5.74) is 3.88. The zero-order chi connectivity index (χ0) is 24.4. The van der Waals surface area contributed by atoms with E-state index in [1.807, 2.05) is 38.1 Å². The zero-order valence-corrected chi connectivity index (χ0v) is 19.9. The smallest absolute Gasteiger partial charge is 0.320 e. The van der Waals surface area contributed by atoms with Gasteiger partial charge >= 0.3 is 12.1 Å². The van der Waals surface area contributed by atoms with E-state index in [-0.39, 0.29) is 28.4 Å². The Kier molecular flexibility index (Phi) is 4.97. The van der Waals surface area contributed by atoms with E-state index >= 15 is 0 Å². The first kappa shape index (κ1) is 22.4. The molecule has 1 aromatic carbocycles. The molecule has 1 aromatic rings. The predicted molar refractivity (Wildman–Crippen MR) is 125 cm³/mol. The fourth-order valence-electron chi connectivity index (χ4n) is 5.71. The number of carbonyl (C=O) groups is 4. The number of benzene rings is 1. The van der Waals surface area contributed by atoms with Crippen LogP contribution in [0.1, 0.15) is 76.6 Å². The number of amides is 4. The second kappa shape index (κ2) is 7.55. The van der Waals surface area contributed by atoms with Crippen molar-refractivity contribution in [2.24, 2.45) is 10.8 Å². The zero-order valence-electron chi connectivity index (χ0n) is 19.9. The van der Waals surface area contributed by atoms with Crippen LogP contribution in [0.3, 0.4) is 0 Å². The average molecular weight is 463 g/mol. The summed E-state index contributed by atoms with van der Waals surface area (Å²) in [7, 11) is 0. The molecule has 0 saturated heterocycles. The van der Waals surface area contributed by atoms with Crippen molar-refractivity contribution < 1.29 is 19.2 Å². The SMILES string of the molecule is CC1(C)CC(=O)C2=C(C1)NC(=O)NC2c1ccc(C2NC(=O)NC3=C2CC(C)(C)CC3=O)cc1. The van der Waals surface area contributed by atoms with Gasteiger partial charge in [-0.2, -0.15) is 0 Å². The van der Waals surface area contributed by atoms with Crippen molar-refractivity contribution in [2.45, 2.75) is 65.5 Å². The molecule has 0 radical (unpaired) electrons. The Morgan fingerprint density at radius 1 is 0.676 bits per heavy atom. The van der Waals surface area contributed by atoms with E-state index in [0.717, 1.165) is 16.7 Å². The van der Waals surface area contributed by atoms with Crippen LogP contribution in [0.4, 0.5) is 9.59 Å². The summed E-state index contributed by atoms with van der Waals surface area (Å²) in [6, 6.07) is 5.92. The average Bonchev–Trinajstić information content (AvgIpc) is 2.71. The summed E-state index contributed by atoms with van der Waals surface area (Å²) in [6.45, 7) is 8.16. The summed E-state index contributed by atoms with van der Waals surface area (Å²) in [5, 5.41) is 11.4. The maximum Gasteiger partial charge on any atom is 0.320 e. The van der Waals surface area contributed by atoms with Crippen LogP contribution < -0.4 is 21.3 Å². The highest BCUT2D eigenvalue weighted by Gasteiger charge is 2.42. The fraction of sp³-hybridized carbons (Fsp3) is 0.462. The molecule has 4 amide bonds. The van der Waals surface area contributed by atoms with Gasteiger partial charge in [0.25, 0.3) is 0 Å². The van der Waals surface area contributed by atoms with Gasteiger partial charge in [0, 0.05) is 24.1 Å². The monoisotopic (exact) mass is 462 g/mol. The molecule has 4 N–H and O–H groups in total. The Morgan fingerprint density at radius 3 is 1.88 bits per heavy atom. The molecule has 2 unspecified atom stereocenters. The first-order chi connectivity index (χ1) is 15.9. The molecule has 8 nitrogen and oxygen atoms in total. The molecular formula is C26H30N4O4. The van der Waals surface area contributed by atoms with Crippen molar-refractivity contribution in [1.82, 2.24) is 21.3 Å². The van der Waals surface area contributed by atoms with Crippen LogP contribution in [-0.2, 0) is 9.59 Å². The summed E-state index contributed by atoms with van der Waals surface area (Å²) in [4.78, 5) is 50.3. The minimum atomic E-state index is -0.519. The summed E-state index contributed by atoms with van der Waals surface area (Å²) >= 11 is 0. The van der Waals surface area contributed by atoms with E-state index in [9.17, 15) is 19.2 Å². The van der Waals surface area contributed by atoms with Crippen molar-refractivity contribution in [1.29, 1.82) is 0 Å². The number of ketones is 2. The lowest BCUT2D eigenvalue weighted by Gasteiger charge is -2.39. The molecule has 8 heteroatoms. The van der Waals surface area contributed by atoms with E-state index in [0.29, 0.717) is 42.7 Å². The van der Waals surface area contributed by atoms with Crippen molar-refractivity contribution >= 4 is 23.6 Å². The summed E-state index contributed by atoms with van der Waals surface area (Å²) < 4.78 is 0. The topological polar surface area (TPSA) is 116 Å². The third-order valence-corrected chi connectivity index (χ3v) is 7.12. The van der Waals surface area contributed by atoms with E-state index < -0.39 is 18.1 Å². The lowest BCUT2D eigenvalue weighted by molar-refractivity contribution is -0.119. The third-order valence-electron chi connectivity index (χ3n) is 7.12. The summed E-state index contributed by atoms with van der Waals surface area (Å²) in [5.74, 6) is -0.00506. The van der Waals surface area contributed by atoms with Crippen molar-refractivity contribution in [3.63, 3.8) is 0 Å². The molecule has 0 aromatic heterocycles. The standard InChI is InChI=1S/C26H30N4O4/c1-25(2)9-15-20(28-24(34)30-22(15)18(32)12-25)13-5-7-14(8-6-13)21-19-16(27-23(33)29-21)10-26(3,4)11-17(19)31/h5-8,20-21H,9-12H2,1-4H3,(H2,27,29,33)(H2,28,30,34). The highest BCUT2D eigenvalue weighted by atomic mass is 16.2. The van der Waals surface area contributed by atoms with Crippen LogP contribution in [0.5, 0.6) is 0 Å². The molecule has 0 fully saturated rings. The van der Waals surface area contributed by atoms with Gasteiger partial charge in [0.05, 0.1) is 17.8 Å². The lowest BCUT2D eigenvalue weighted by Crippen LogP contribution is -2.49. The van der Waals surface area contributed by atoms with Gasteiger partial charge in [-0.25, -0.2) is 9.59 Å². The largest absolute Gasteiger partial charge is 0.327 e. The molecule has 2 aliphatic carbocycles. The van der Waals surface area contributed by atoms with Gasteiger partial charge in [-0.3, -0.25) is 9.59 Å². The highest BCUT2D eigenvalue weighted by molar-refractivity contribution is 6.02. The molecule has 0 spiro atoms. The second-order valence-corrected chi connectivity index (χ2v) is 11.4. The highest BCUT2D eigenvalue weighted by Crippen LogP contribution is 2.44. The number of allylic oxidation sites excluding steroid dienone is 2. The van der Waals surface area contributed by atoms with Crippen LogP contribution >= 0.6 is 0 Å². The molecule has 5 rings (SSSR count). The lowest BCUT2D eigenvalue weighted by atomic mass is 9.72. The van der Waals surface area contributed by atoms with Gasteiger partial charge in [-0.15, -0.1) is 0 Å². The van der Waals surface area contributed by atoms with Crippen molar-refractivity contribution in [2.75, 3.05) is 0 Å². The Balaban J connectivity index is 1.49.